The van der Waals surface area contributed by atoms with Crippen LogP contribution >= 0.6 is 0 Å². The van der Waals surface area contributed by atoms with Crippen LogP contribution in [-0.2, 0) is 4.74 Å². The molecule has 0 radical (unpaired) electrons. The van der Waals surface area contributed by atoms with Crippen LogP contribution in [-0.4, -0.2) is 55.0 Å². The molecule has 0 aromatic heterocycles. The number of nitrogens with one attached hydrogen (secondary N) is 1. The van der Waals surface area contributed by atoms with E-state index in [1.165, 1.54) is 4.90 Å². The summed E-state index contributed by atoms with van der Waals surface area (Å²) in [5.41, 5.74) is -0.875. The average Bonchev–Trinajstić information content (AvgIpc) is 2.13. The third-order valence-electron chi connectivity index (χ3n) is 1.94. The van der Waals surface area contributed by atoms with E-state index in [4.69, 9.17) is 4.74 Å². The molecule has 0 saturated heterocycles. The fourth-order valence-electron chi connectivity index (χ4n) is 1.34. The van der Waals surface area contributed by atoms with Crippen LogP contribution in [0.2, 0.25) is 0 Å². The first-order chi connectivity index (χ1) is 7.72. The fourth-order valence-corrected chi connectivity index (χ4v) is 1.34. The highest BCUT2D eigenvalue weighted by atomic mass is 16.5. The van der Waals surface area contributed by atoms with Crippen LogP contribution in [0.25, 0.3) is 0 Å². The number of urea groups is 1. The summed E-state index contributed by atoms with van der Waals surface area (Å²) in [6, 6.07) is -0.194. The Bertz CT molecular complexity index is 224. The van der Waals surface area contributed by atoms with E-state index in [2.05, 4.69) is 19.2 Å². The lowest BCUT2D eigenvalue weighted by atomic mass is 10.1. The van der Waals surface area contributed by atoms with Crippen molar-refractivity contribution in [3.63, 3.8) is 0 Å². The second kappa shape index (κ2) is 7.50. The number of nitrogens with zero attached hydrogens (tertiary/aromatic N) is 1. The minimum absolute atomic E-state index is 0.194. The molecule has 0 aromatic rings. The van der Waals surface area contributed by atoms with Gasteiger partial charge in [-0.05, 0) is 19.8 Å². The Labute approximate surface area is 104 Å². The first-order valence-corrected chi connectivity index (χ1v) is 6.01. The molecule has 17 heavy (non-hydrogen) atoms. The van der Waals surface area contributed by atoms with Gasteiger partial charge in [-0.15, -0.1) is 0 Å². The van der Waals surface area contributed by atoms with Crippen LogP contribution in [0.5, 0.6) is 0 Å². The van der Waals surface area contributed by atoms with Gasteiger partial charge in [-0.2, -0.15) is 0 Å². The van der Waals surface area contributed by atoms with E-state index in [0.717, 1.165) is 0 Å². The van der Waals surface area contributed by atoms with Gasteiger partial charge < -0.3 is 20.1 Å². The Morgan fingerprint density at radius 3 is 2.53 bits per heavy atom. The lowest BCUT2D eigenvalue weighted by molar-refractivity contribution is 0.0525. The number of carbonyl (C=O) groups excluding carboxylic acids is 1. The Morgan fingerprint density at radius 1 is 1.47 bits per heavy atom. The normalized spacial score (nSPS) is 11.7. The molecule has 0 aliphatic heterocycles. The summed E-state index contributed by atoms with van der Waals surface area (Å²) >= 11 is 0. The maximum atomic E-state index is 11.6. The van der Waals surface area contributed by atoms with Crippen LogP contribution in [0.1, 0.15) is 27.7 Å². The van der Waals surface area contributed by atoms with Gasteiger partial charge in [0.25, 0.3) is 0 Å². The van der Waals surface area contributed by atoms with Gasteiger partial charge in [0, 0.05) is 20.2 Å². The topological polar surface area (TPSA) is 61.8 Å². The van der Waals surface area contributed by atoms with Gasteiger partial charge in [0.15, 0.2) is 0 Å². The van der Waals surface area contributed by atoms with Crippen LogP contribution in [0, 0.1) is 5.92 Å². The second-order valence-corrected chi connectivity index (χ2v) is 5.37. The van der Waals surface area contributed by atoms with Crippen molar-refractivity contribution in [1.82, 2.24) is 10.2 Å². The third-order valence-corrected chi connectivity index (χ3v) is 1.94. The largest absolute Gasteiger partial charge is 0.389 e. The second-order valence-electron chi connectivity index (χ2n) is 5.37. The van der Waals surface area contributed by atoms with Gasteiger partial charge in [-0.25, -0.2) is 4.79 Å². The molecule has 0 aromatic carbocycles. The maximum Gasteiger partial charge on any atom is 0.317 e. The minimum Gasteiger partial charge on any atom is -0.389 e. The van der Waals surface area contributed by atoms with Crippen molar-refractivity contribution < 1.29 is 14.6 Å². The molecule has 0 aliphatic rings. The Morgan fingerprint density at radius 2 is 2.06 bits per heavy atom. The molecular weight excluding hydrogens is 220 g/mol. The summed E-state index contributed by atoms with van der Waals surface area (Å²) in [4.78, 5) is 13.0. The molecule has 0 heterocycles. The summed E-state index contributed by atoms with van der Waals surface area (Å²) in [5.74, 6) is 0.503. The summed E-state index contributed by atoms with van der Waals surface area (Å²) in [7, 11) is 1.66. The zero-order valence-corrected chi connectivity index (χ0v) is 11.6. The van der Waals surface area contributed by atoms with E-state index in [1.807, 2.05) is 0 Å². The van der Waals surface area contributed by atoms with Gasteiger partial charge in [0.1, 0.15) is 0 Å². The molecule has 2 N–H and O–H groups in total. The maximum absolute atomic E-state index is 11.6. The van der Waals surface area contributed by atoms with Crippen molar-refractivity contribution >= 4 is 6.03 Å². The van der Waals surface area contributed by atoms with E-state index in [9.17, 15) is 9.90 Å². The predicted octanol–water partition coefficient (Wildman–Crippen LogP) is 1.07. The molecule has 5 nitrogen and oxygen atoms in total. The zero-order valence-electron chi connectivity index (χ0n) is 11.6. The van der Waals surface area contributed by atoms with Gasteiger partial charge in [0.2, 0.25) is 0 Å². The number of aliphatic hydroxyl groups is 1. The molecule has 0 spiro atoms. The number of ether oxygens (including phenoxy) is 1. The Kier molecular flexibility index (Phi) is 7.15. The molecule has 0 saturated carbocycles. The van der Waals surface area contributed by atoms with Crippen molar-refractivity contribution in [2.24, 2.45) is 5.92 Å². The van der Waals surface area contributed by atoms with Crippen molar-refractivity contribution in [1.29, 1.82) is 0 Å². The number of likely N-dealkylation sites (N-methyl/N-ethyl adjacent to an activating group) is 1. The number of amides is 2. The first-order valence-electron chi connectivity index (χ1n) is 6.01. The van der Waals surface area contributed by atoms with Crippen molar-refractivity contribution in [2.45, 2.75) is 33.3 Å². The Hall–Kier alpha value is -0.810. The van der Waals surface area contributed by atoms with E-state index in [1.54, 1.807) is 20.9 Å². The molecular formula is C12H26N2O3. The highest BCUT2D eigenvalue weighted by Gasteiger charge is 2.18. The first kappa shape index (κ1) is 16.2. The Balaban J connectivity index is 3.65. The highest BCUT2D eigenvalue weighted by molar-refractivity contribution is 5.73. The number of carbonyl (C=O) groups is 1. The lowest BCUT2D eigenvalue weighted by Gasteiger charge is -2.25. The minimum atomic E-state index is -0.875. The molecule has 102 valence electrons. The molecule has 0 bridgehead atoms. The van der Waals surface area contributed by atoms with Crippen LogP contribution in [0.4, 0.5) is 4.79 Å². The van der Waals surface area contributed by atoms with E-state index >= 15 is 0 Å². The van der Waals surface area contributed by atoms with Crippen molar-refractivity contribution in [2.75, 3.05) is 33.4 Å². The summed E-state index contributed by atoms with van der Waals surface area (Å²) in [6.07, 6.45) is 0. The van der Waals surface area contributed by atoms with Gasteiger partial charge in [-0.3, -0.25) is 0 Å². The molecule has 0 fully saturated rings. The SMILES string of the molecule is CC(C)COCCNC(=O)N(C)CC(C)(C)O. The molecule has 2 amide bonds. The van der Waals surface area contributed by atoms with Crippen LogP contribution < -0.4 is 5.32 Å². The molecule has 0 rings (SSSR count). The van der Waals surface area contributed by atoms with Crippen molar-refractivity contribution in [3.8, 4) is 0 Å². The number of rotatable bonds is 7. The van der Waals surface area contributed by atoms with Gasteiger partial charge >= 0.3 is 6.03 Å². The van der Waals surface area contributed by atoms with Crippen LogP contribution in [0.3, 0.4) is 0 Å². The number of hydrogen-bond acceptors (Lipinski definition) is 3. The van der Waals surface area contributed by atoms with E-state index in [0.29, 0.717) is 32.2 Å². The van der Waals surface area contributed by atoms with Crippen LogP contribution in [0.15, 0.2) is 0 Å². The summed E-state index contributed by atoms with van der Waals surface area (Å²) in [5, 5.41) is 12.3. The number of hydrogen-bond donors (Lipinski definition) is 2. The quantitative estimate of drug-likeness (QED) is 0.661. The summed E-state index contributed by atoms with van der Waals surface area (Å²) < 4.78 is 5.34. The molecule has 0 unspecified atom stereocenters. The van der Waals surface area contributed by atoms with E-state index < -0.39 is 5.60 Å². The van der Waals surface area contributed by atoms with Gasteiger partial charge in [0.05, 0.1) is 18.8 Å². The predicted molar refractivity (Wildman–Crippen MR) is 68.0 cm³/mol. The molecule has 0 aliphatic carbocycles. The zero-order chi connectivity index (χ0) is 13.5. The third kappa shape index (κ3) is 10.1. The standard InChI is InChI=1S/C12H26N2O3/c1-10(2)8-17-7-6-13-11(15)14(5)9-12(3,4)16/h10,16H,6-9H2,1-5H3,(H,13,15). The summed E-state index contributed by atoms with van der Waals surface area (Å²) in [6.45, 7) is 9.50. The average molecular weight is 246 g/mol. The smallest absolute Gasteiger partial charge is 0.317 e. The van der Waals surface area contributed by atoms with Crippen molar-refractivity contribution in [3.05, 3.63) is 0 Å². The molecule has 5 heteroatoms. The highest BCUT2D eigenvalue weighted by Crippen LogP contribution is 2.02. The molecule has 0 atom stereocenters. The van der Waals surface area contributed by atoms with E-state index in [-0.39, 0.29) is 6.03 Å². The van der Waals surface area contributed by atoms with Gasteiger partial charge in [-0.1, -0.05) is 13.8 Å². The fraction of sp³-hybridized carbons (Fsp3) is 0.917. The lowest BCUT2D eigenvalue weighted by Crippen LogP contribution is -2.45. The monoisotopic (exact) mass is 246 g/mol.